The molecule has 0 aliphatic carbocycles. The molecule has 52 heavy (non-hydrogen) atoms. The fraction of sp³-hybridized carbons (Fsp3) is 0.269. The summed E-state index contributed by atoms with van der Waals surface area (Å²) in [6.45, 7) is 20.9. The molecule has 0 nitrogen and oxygen atoms in total. The molecule has 6 aromatic rings. The molecule has 0 heteroatoms. The molecule has 0 fully saturated rings. The van der Waals surface area contributed by atoms with Crippen molar-refractivity contribution < 1.29 is 0 Å². The molecule has 0 radical (unpaired) electrons. The zero-order chi connectivity index (χ0) is 37.7. The highest BCUT2D eigenvalue weighted by Crippen LogP contribution is 2.29. The van der Waals surface area contributed by atoms with Gasteiger partial charge in [0.05, 0.1) is 0 Å². The van der Waals surface area contributed by atoms with Gasteiger partial charge < -0.3 is 0 Å². The first-order chi connectivity index (χ1) is 25.3. The molecular weight excluding hydrogens is 625 g/mol. The van der Waals surface area contributed by atoms with E-state index in [0.29, 0.717) is 5.92 Å². The second kappa shape index (κ2) is 22.8. The lowest BCUT2D eigenvalue weighted by atomic mass is 9.90. The van der Waals surface area contributed by atoms with E-state index in [1.165, 1.54) is 73.7 Å². The van der Waals surface area contributed by atoms with Crippen LogP contribution < -0.4 is 0 Å². The van der Waals surface area contributed by atoms with Crippen LogP contribution in [0.3, 0.4) is 0 Å². The molecule has 6 aromatic carbocycles. The van der Waals surface area contributed by atoms with E-state index >= 15 is 0 Å². The van der Waals surface area contributed by atoms with E-state index in [9.17, 15) is 0 Å². The summed E-state index contributed by atoms with van der Waals surface area (Å²) in [5, 5.41) is 2.65. The number of hydrogen-bond donors (Lipinski definition) is 0. The maximum absolute atomic E-state index is 3.87. The Balaban J connectivity index is 0.000000334. The van der Waals surface area contributed by atoms with Gasteiger partial charge in [0, 0.05) is 5.92 Å². The monoisotopic (exact) mass is 686 g/mol. The summed E-state index contributed by atoms with van der Waals surface area (Å²) in [7, 11) is 0. The summed E-state index contributed by atoms with van der Waals surface area (Å²) in [5.41, 5.74) is 12.0. The summed E-state index contributed by atoms with van der Waals surface area (Å²) >= 11 is 0. The molecule has 0 saturated heterocycles. The maximum atomic E-state index is 3.87. The molecule has 6 rings (SSSR count). The van der Waals surface area contributed by atoms with E-state index < -0.39 is 0 Å². The fourth-order valence-corrected chi connectivity index (χ4v) is 6.34. The quantitative estimate of drug-likeness (QED) is 0.126. The molecule has 270 valence electrons. The Morgan fingerprint density at radius 3 is 1.79 bits per heavy atom. The third-order valence-electron chi connectivity index (χ3n) is 9.49. The van der Waals surface area contributed by atoms with Gasteiger partial charge in [-0.25, -0.2) is 0 Å². The molecule has 0 bridgehead atoms. The molecule has 0 heterocycles. The topological polar surface area (TPSA) is 0 Å². The zero-order valence-corrected chi connectivity index (χ0v) is 33.2. The van der Waals surface area contributed by atoms with Crippen LogP contribution in [0, 0.1) is 19.8 Å². The van der Waals surface area contributed by atoms with Crippen molar-refractivity contribution in [1.82, 2.24) is 0 Å². The van der Waals surface area contributed by atoms with Crippen molar-refractivity contribution >= 4 is 10.8 Å². The standard InChI is InChI=1S/C34H30.C8H10.C8H16.C2H6/c1-3-8-26-9-6-12-32(23-26)25(2)28-19-21-30(22-20-28)29-17-15-27(16-18-29)24-33-13-7-11-31-10-4-5-14-34(31)33;1-7-5-3-4-6-8(7)2;1-4-6-8(3)7-5-2;1-2/h3-7,9-23,25H,1,8,24H2,2H3;3-6H,1-2H3;4,6,8H,5,7H2,1-3H3;1-2H3/b;;6-4-;. The minimum Gasteiger partial charge on any atom is -0.103 e. The second-order valence-corrected chi connectivity index (χ2v) is 13.5. The smallest absolute Gasteiger partial charge is 0.00611 e. The first-order valence-corrected chi connectivity index (χ1v) is 19.3. The van der Waals surface area contributed by atoms with Gasteiger partial charge in [0.1, 0.15) is 0 Å². The fourth-order valence-electron chi connectivity index (χ4n) is 6.34. The highest BCUT2D eigenvalue weighted by Gasteiger charge is 2.10. The van der Waals surface area contributed by atoms with Gasteiger partial charge in [-0.1, -0.05) is 199 Å². The van der Waals surface area contributed by atoms with Gasteiger partial charge in [0.2, 0.25) is 0 Å². The zero-order valence-electron chi connectivity index (χ0n) is 33.2. The maximum Gasteiger partial charge on any atom is 0.00611 e. The first kappa shape index (κ1) is 41.5. The summed E-state index contributed by atoms with van der Waals surface area (Å²) in [4.78, 5) is 0. The Morgan fingerprint density at radius 1 is 0.615 bits per heavy atom. The Bertz CT molecular complexity index is 1890. The average Bonchev–Trinajstić information content (AvgIpc) is 3.18. The van der Waals surface area contributed by atoms with E-state index in [1.54, 1.807) is 0 Å². The van der Waals surface area contributed by atoms with Crippen LogP contribution in [0.15, 0.2) is 164 Å². The van der Waals surface area contributed by atoms with E-state index in [-0.39, 0.29) is 0 Å². The van der Waals surface area contributed by atoms with E-state index in [0.717, 1.165) is 18.8 Å². The highest BCUT2D eigenvalue weighted by molar-refractivity contribution is 5.86. The molecule has 0 spiro atoms. The third kappa shape index (κ3) is 13.0. The highest BCUT2D eigenvalue weighted by atomic mass is 14.1. The summed E-state index contributed by atoms with van der Waals surface area (Å²) in [5.74, 6) is 1.15. The van der Waals surface area contributed by atoms with Crippen LogP contribution in [-0.4, -0.2) is 0 Å². The van der Waals surface area contributed by atoms with Crippen LogP contribution in [0.2, 0.25) is 0 Å². The lowest BCUT2D eigenvalue weighted by Gasteiger charge is -2.14. The van der Waals surface area contributed by atoms with Gasteiger partial charge in [0.15, 0.2) is 0 Å². The van der Waals surface area contributed by atoms with Crippen LogP contribution in [0.5, 0.6) is 0 Å². The van der Waals surface area contributed by atoms with Gasteiger partial charge in [-0.15, -0.1) is 6.58 Å². The largest absolute Gasteiger partial charge is 0.103 e. The Labute approximate surface area is 317 Å². The minimum absolute atomic E-state index is 0.363. The van der Waals surface area contributed by atoms with Gasteiger partial charge in [0.25, 0.3) is 0 Å². The van der Waals surface area contributed by atoms with Crippen molar-refractivity contribution in [3.8, 4) is 11.1 Å². The molecule has 2 atom stereocenters. The van der Waals surface area contributed by atoms with Crippen LogP contribution in [-0.2, 0) is 12.8 Å². The molecule has 0 aromatic heterocycles. The Morgan fingerprint density at radius 2 is 1.19 bits per heavy atom. The SMILES string of the molecule is C/C=C\C(C)CCC.C=CCc1cccc(C(C)c2ccc(-c3ccc(Cc4cccc5ccccc45)cc3)cc2)c1.CC.Cc1ccccc1C. The number of rotatable bonds is 10. The van der Waals surface area contributed by atoms with Crippen molar-refractivity contribution in [1.29, 1.82) is 0 Å². The van der Waals surface area contributed by atoms with Gasteiger partial charge in [-0.2, -0.15) is 0 Å². The molecule has 0 amide bonds. The predicted octanol–water partition coefficient (Wildman–Crippen LogP) is 15.3. The number of benzene rings is 6. The Kier molecular flexibility index (Phi) is 18.2. The normalized spacial score (nSPS) is 11.6. The van der Waals surface area contributed by atoms with Gasteiger partial charge >= 0.3 is 0 Å². The minimum atomic E-state index is 0.363. The summed E-state index contributed by atoms with van der Waals surface area (Å²) < 4.78 is 0. The Hall–Kier alpha value is -4.94. The second-order valence-electron chi connectivity index (χ2n) is 13.5. The average molecular weight is 687 g/mol. The number of fused-ring (bicyclic) bond motifs is 1. The van der Waals surface area contributed by atoms with Crippen molar-refractivity contribution in [2.45, 2.75) is 87.0 Å². The number of aryl methyl sites for hydroxylation is 2. The molecular formula is C52H62. The summed E-state index contributed by atoms with van der Waals surface area (Å²) in [6.07, 6.45) is 10.8. The molecule has 0 aliphatic heterocycles. The lowest BCUT2D eigenvalue weighted by molar-refractivity contribution is 0.633. The van der Waals surface area contributed by atoms with Crippen molar-refractivity contribution in [2.75, 3.05) is 0 Å². The van der Waals surface area contributed by atoms with E-state index in [1.807, 2.05) is 19.9 Å². The molecule has 0 aliphatic rings. The molecule has 0 N–H and O–H groups in total. The van der Waals surface area contributed by atoms with Crippen LogP contribution >= 0.6 is 0 Å². The van der Waals surface area contributed by atoms with Crippen LogP contribution in [0.25, 0.3) is 21.9 Å². The van der Waals surface area contributed by atoms with E-state index in [4.69, 9.17) is 0 Å². The number of allylic oxidation sites excluding steroid dienone is 3. The number of hydrogen-bond acceptors (Lipinski definition) is 0. The lowest BCUT2D eigenvalue weighted by Crippen LogP contribution is -1.97. The van der Waals surface area contributed by atoms with Crippen molar-refractivity contribution in [3.05, 3.63) is 203 Å². The van der Waals surface area contributed by atoms with Crippen LogP contribution in [0.4, 0.5) is 0 Å². The summed E-state index contributed by atoms with van der Waals surface area (Å²) in [6, 6.07) is 50.5. The molecule has 0 saturated carbocycles. The van der Waals surface area contributed by atoms with Crippen molar-refractivity contribution in [3.63, 3.8) is 0 Å². The van der Waals surface area contributed by atoms with E-state index in [2.05, 4.69) is 200 Å². The third-order valence-corrected chi connectivity index (χ3v) is 9.49. The predicted molar refractivity (Wildman–Crippen MR) is 233 cm³/mol. The van der Waals surface area contributed by atoms with Crippen molar-refractivity contribution in [2.24, 2.45) is 5.92 Å². The van der Waals surface area contributed by atoms with Gasteiger partial charge in [-0.3, -0.25) is 0 Å². The first-order valence-electron chi connectivity index (χ1n) is 19.3. The van der Waals surface area contributed by atoms with Crippen LogP contribution in [0.1, 0.15) is 99.2 Å². The molecule has 2 unspecified atom stereocenters. The van der Waals surface area contributed by atoms with Gasteiger partial charge in [-0.05, 0) is 107 Å².